The predicted octanol–water partition coefficient (Wildman–Crippen LogP) is 3.28. The fourth-order valence-electron chi connectivity index (χ4n) is 4.17. The van der Waals surface area contributed by atoms with Gasteiger partial charge in [-0.1, -0.05) is 18.2 Å². The highest BCUT2D eigenvalue weighted by molar-refractivity contribution is 5.80. The number of morpholine rings is 1. The van der Waals surface area contributed by atoms with E-state index in [1.54, 1.807) is 0 Å². The van der Waals surface area contributed by atoms with Crippen LogP contribution in [0.5, 0.6) is 5.75 Å². The maximum absolute atomic E-state index is 6.29. The van der Waals surface area contributed by atoms with E-state index in [1.807, 2.05) is 30.2 Å². The van der Waals surface area contributed by atoms with Gasteiger partial charge in [-0.3, -0.25) is 4.68 Å². The summed E-state index contributed by atoms with van der Waals surface area (Å²) in [6.07, 6.45) is 9.11. The van der Waals surface area contributed by atoms with Crippen LogP contribution < -0.4 is 10.1 Å². The molecule has 1 atom stereocenters. The summed E-state index contributed by atoms with van der Waals surface area (Å²) in [5.41, 5.74) is 2.24. The summed E-state index contributed by atoms with van der Waals surface area (Å²) in [6.45, 7) is 5.78. The van der Waals surface area contributed by atoms with Gasteiger partial charge in [-0.25, -0.2) is 4.99 Å². The number of para-hydroxylation sites is 1. The van der Waals surface area contributed by atoms with Crippen molar-refractivity contribution in [1.29, 1.82) is 0 Å². The Hall–Kier alpha value is -2.54. The number of hydrogen-bond acceptors (Lipinski definition) is 4. The Morgan fingerprint density at radius 3 is 2.90 bits per heavy atom. The molecule has 1 aliphatic heterocycles. The molecule has 30 heavy (non-hydrogen) atoms. The Morgan fingerprint density at radius 2 is 2.13 bits per heavy atom. The molecule has 0 amide bonds. The summed E-state index contributed by atoms with van der Waals surface area (Å²) in [5.74, 6) is 1.89. The molecule has 1 unspecified atom stereocenters. The molecule has 0 spiro atoms. The fraction of sp³-hybridized carbons (Fsp3) is 0.565. The maximum atomic E-state index is 6.29. The number of rotatable bonds is 6. The molecule has 4 rings (SSSR count). The summed E-state index contributed by atoms with van der Waals surface area (Å²) in [4.78, 5) is 7.23. The number of aromatic nitrogens is 2. The van der Waals surface area contributed by atoms with Crippen LogP contribution in [0, 0.1) is 0 Å². The lowest BCUT2D eigenvalue weighted by molar-refractivity contribution is -0.00805. The number of guanidine groups is 1. The fourth-order valence-corrected chi connectivity index (χ4v) is 4.17. The Kier molecular flexibility index (Phi) is 6.89. The minimum Gasteiger partial charge on any atom is -0.490 e. The molecule has 0 bridgehead atoms. The van der Waals surface area contributed by atoms with Gasteiger partial charge in [0.05, 0.1) is 32.0 Å². The van der Waals surface area contributed by atoms with E-state index >= 15 is 0 Å². The van der Waals surface area contributed by atoms with Gasteiger partial charge in [-0.05, 0) is 38.7 Å². The molecule has 1 saturated heterocycles. The van der Waals surface area contributed by atoms with E-state index in [0.29, 0.717) is 19.3 Å². The first-order valence-corrected chi connectivity index (χ1v) is 11.1. The minimum atomic E-state index is 0.00860. The van der Waals surface area contributed by atoms with Gasteiger partial charge in [0.15, 0.2) is 5.96 Å². The van der Waals surface area contributed by atoms with E-state index in [1.165, 1.54) is 12.8 Å². The van der Waals surface area contributed by atoms with Crippen LogP contribution >= 0.6 is 0 Å². The van der Waals surface area contributed by atoms with Crippen LogP contribution in [-0.2, 0) is 18.3 Å². The molecule has 162 valence electrons. The second-order valence-corrected chi connectivity index (χ2v) is 8.05. The Labute approximate surface area is 179 Å². The van der Waals surface area contributed by atoms with E-state index in [9.17, 15) is 0 Å². The molecule has 2 aromatic rings. The van der Waals surface area contributed by atoms with Crippen LogP contribution in [0.2, 0.25) is 0 Å². The van der Waals surface area contributed by atoms with Crippen molar-refractivity contribution < 1.29 is 9.47 Å². The largest absolute Gasteiger partial charge is 0.490 e. The molecule has 2 heterocycles. The lowest BCUT2D eigenvalue weighted by atomic mass is 10.1. The molecule has 7 heteroatoms. The SMILES string of the molecule is CCNC(=NCc1ccccc1OC1CCCC1)N1CCOC(c2cnn(C)c2)C1. The first-order valence-electron chi connectivity index (χ1n) is 11.1. The number of ether oxygens (including phenoxy) is 2. The number of nitrogens with zero attached hydrogens (tertiary/aromatic N) is 4. The smallest absolute Gasteiger partial charge is 0.194 e. The molecular weight excluding hydrogens is 378 g/mol. The predicted molar refractivity (Wildman–Crippen MR) is 118 cm³/mol. The van der Waals surface area contributed by atoms with Crippen molar-refractivity contribution in [2.24, 2.45) is 12.0 Å². The van der Waals surface area contributed by atoms with Crippen LogP contribution in [0.3, 0.4) is 0 Å². The summed E-state index contributed by atoms with van der Waals surface area (Å²) in [5, 5.41) is 7.74. The van der Waals surface area contributed by atoms with E-state index in [4.69, 9.17) is 14.5 Å². The highest BCUT2D eigenvalue weighted by Gasteiger charge is 2.25. The zero-order valence-electron chi connectivity index (χ0n) is 18.1. The first-order chi connectivity index (χ1) is 14.7. The Morgan fingerprint density at radius 1 is 1.30 bits per heavy atom. The molecule has 7 nitrogen and oxygen atoms in total. The normalized spacial score (nSPS) is 20.5. The quantitative estimate of drug-likeness (QED) is 0.584. The van der Waals surface area contributed by atoms with Crippen molar-refractivity contribution in [3.63, 3.8) is 0 Å². The van der Waals surface area contributed by atoms with E-state index in [2.05, 4.69) is 40.4 Å². The van der Waals surface area contributed by atoms with Crippen molar-refractivity contribution in [2.45, 2.75) is 51.4 Å². The van der Waals surface area contributed by atoms with Gasteiger partial charge in [0.25, 0.3) is 0 Å². The van der Waals surface area contributed by atoms with Crippen LogP contribution in [0.1, 0.15) is 49.8 Å². The van der Waals surface area contributed by atoms with Crippen LogP contribution in [0.4, 0.5) is 0 Å². The van der Waals surface area contributed by atoms with Crippen molar-refractivity contribution in [2.75, 3.05) is 26.2 Å². The van der Waals surface area contributed by atoms with E-state index < -0.39 is 0 Å². The van der Waals surface area contributed by atoms with Crippen LogP contribution in [0.25, 0.3) is 0 Å². The molecular formula is C23H33N5O2. The van der Waals surface area contributed by atoms with Gasteiger partial charge >= 0.3 is 0 Å². The third-order valence-corrected chi connectivity index (χ3v) is 5.77. The van der Waals surface area contributed by atoms with Crippen LogP contribution in [0.15, 0.2) is 41.7 Å². The highest BCUT2D eigenvalue weighted by Crippen LogP contribution is 2.27. The van der Waals surface area contributed by atoms with Gasteiger partial charge in [0.1, 0.15) is 11.9 Å². The molecule has 1 aliphatic carbocycles. The highest BCUT2D eigenvalue weighted by atomic mass is 16.5. The minimum absolute atomic E-state index is 0.00860. The number of aliphatic imine (C=N–C) groups is 1. The van der Waals surface area contributed by atoms with Crippen molar-refractivity contribution in [3.05, 3.63) is 47.8 Å². The van der Waals surface area contributed by atoms with Crippen molar-refractivity contribution in [3.8, 4) is 5.75 Å². The number of nitrogens with one attached hydrogen (secondary N) is 1. The van der Waals surface area contributed by atoms with Gasteiger partial charge < -0.3 is 19.7 Å². The van der Waals surface area contributed by atoms with Crippen molar-refractivity contribution >= 4 is 5.96 Å². The van der Waals surface area contributed by atoms with E-state index in [-0.39, 0.29) is 6.10 Å². The molecule has 1 saturated carbocycles. The van der Waals surface area contributed by atoms with Crippen molar-refractivity contribution in [1.82, 2.24) is 20.0 Å². The first kappa shape index (κ1) is 20.7. The summed E-state index contributed by atoms with van der Waals surface area (Å²) in [7, 11) is 1.93. The summed E-state index contributed by atoms with van der Waals surface area (Å²) < 4.78 is 14.1. The molecule has 2 fully saturated rings. The van der Waals surface area contributed by atoms with Gasteiger partial charge in [-0.15, -0.1) is 0 Å². The van der Waals surface area contributed by atoms with Gasteiger partial charge in [0.2, 0.25) is 0 Å². The van der Waals surface area contributed by atoms with Gasteiger partial charge in [0, 0.05) is 37.5 Å². The average molecular weight is 412 g/mol. The zero-order valence-corrected chi connectivity index (χ0v) is 18.1. The van der Waals surface area contributed by atoms with Crippen LogP contribution in [-0.4, -0.2) is 53.0 Å². The third-order valence-electron chi connectivity index (χ3n) is 5.77. The topological polar surface area (TPSA) is 63.9 Å². The average Bonchev–Trinajstić information content (AvgIpc) is 3.44. The molecule has 1 aromatic heterocycles. The lowest BCUT2D eigenvalue weighted by Crippen LogP contribution is -2.48. The molecule has 2 aliphatic rings. The Bertz CT molecular complexity index is 844. The Balaban J connectivity index is 1.46. The van der Waals surface area contributed by atoms with Gasteiger partial charge in [-0.2, -0.15) is 5.10 Å². The standard InChI is InChI=1S/C23H33N5O2/c1-3-24-23(28-12-13-29-22(17-28)19-15-26-27(2)16-19)25-14-18-8-4-7-11-21(18)30-20-9-5-6-10-20/h4,7-8,11,15-16,20,22H,3,5-6,9-10,12-14,17H2,1-2H3,(H,24,25). The summed E-state index contributed by atoms with van der Waals surface area (Å²) in [6, 6.07) is 8.30. The molecule has 0 radical (unpaired) electrons. The lowest BCUT2D eigenvalue weighted by Gasteiger charge is -2.34. The second kappa shape index (κ2) is 9.98. The molecule has 1 N–H and O–H groups in total. The monoisotopic (exact) mass is 411 g/mol. The zero-order chi connectivity index (χ0) is 20.8. The second-order valence-electron chi connectivity index (χ2n) is 8.05. The number of hydrogen-bond donors (Lipinski definition) is 1. The maximum Gasteiger partial charge on any atom is 0.194 e. The number of benzene rings is 1. The molecule has 1 aromatic carbocycles. The van der Waals surface area contributed by atoms with E-state index in [0.717, 1.165) is 55.3 Å². The third kappa shape index (κ3) is 5.14. The number of aryl methyl sites for hydroxylation is 1. The summed E-state index contributed by atoms with van der Waals surface area (Å²) >= 11 is 0.